The Balaban J connectivity index is 2.19. The van der Waals surface area contributed by atoms with Crippen molar-refractivity contribution in [1.29, 1.82) is 0 Å². The number of piperidine rings is 1. The predicted molar refractivity (Wildman–Crippen MR) is 75.8 cm³/mol. The van der Waals surface area contributed by atoms with E-state index < -0.39 is 22.9 Å². The van der Waals surface area contributed by atoms with Gasteiger partial charge in [0.25, 0.3) is 5.56 Å². The molecule has 1 aromatic heterocycles. The molecule has 9 heteroatoms. The van der Waals surface area contributed by atoms with Crippen molar-refractivity contribution in [2.75, 3.05) is 19.7 Å². The number of likely N-dealkylation sites (tertiary alicyclic amines) is 1. The molecule has 0 radical (unpaired) electrons. The molecule has 2 rings (SSSR count). The Morgan fingerprint density at radius 2 is 2.09 bits per heavy atom. The van der Waals surface area contributed by atoms with E-state index in [-0.39, 0.29) is 24.0 Å². The quantitative estimate of drug-likeness (QED) is 0.487. The molecule has 0 spiro atoms. The van der Waals surface area contributed by atoms with Crippen molar-refractivity contribution < 1.29 is 24.3 Å². The molecule has 1 fully saturated rings. The van der Waals surface area contributed by atoms with E-state index >= 15 is 0 Å². The number of H-pyrrole nitrogens is 2. The van der Waals surface area contributed by atoms with Gasteiger partial charge in [0.2, 0.25) is 0 Å². The number of carboxylic acids is 1. The number of ether oxygens (including phenoxy) is 1. The number of aromatic amines is 2. The summed E-state index contributed by atoms with van der Waals surface area (Å²) in [5.41, 5.74) is -2.21. The Morgan fingerprint density at radius 3 is 2.74 bits per heavy atom. The summed E-state index contributed by atoms with van der Waals surface area (Å²) >= 11 is 0. The number of carbonyl (C=O) groups excluding carboxylic acids is 2. The molecule has 1 aliphatic heterocycles. The highest BCUT2D eigenvalue weighted by molar-refractivity contribution is 5.84. The average molecular weight is 325 g/mol. The maximum Gasteiger partial charge on any atom is 0.326 e. The third-order valence-corrected chi connectivity index (χ3v) is 3.91. The highest BCUT2D eigenvalue weighted by atomic mass is 16.5. The van der Waals surface area contributed by atoms with Crippen LogP contribution in [0.5, 0.6) is 0 Å². The number of carbonyl (C=O) groups is 2. The fraction of sp³-hybridized carbons (Fsp3) is 0.571. The van der Waals surface area contributed by atoms with Gasteiger partial charge in [-0.15, -0.1) is 0 Å². The van der Waals surface area contributed by atoms with Crippen LogP contribution >= 0.6 is 0 Å². The van der Waals surface area contributed by atoms with Gasteiger partial charge < -0.3 is 24.5 Å². The van der Waals surface area contributed by atoms with E-state index in [4.69, 9.17) is 4.74 Å². The van der Waals surface area contributed by atoms with Crippen LogP contribution in [0.15, 0.2) is 9.59 Å². The second-order valence-corrected chi connectivity index (χ2v) is 5.52. The molecule has 0 aromatic carbocycles. The molecule has 3 N–H and O–H groups in total. The number of quaternary nitrogens is 1. The van der Waals surface area contributed by atoms with Crippen molar-refractivity contribution in [2.45, 2.75) is 26.3 Å². The first-order chi connectivity index (χ1) is 10.9. The molecule has 0 saturated carbocycles. The zero-order chi connectivity index (χ0) is 17.0. The van der Waals surface area contributed by atoms with Gasteiger partial charge in [0.05, 0.1) is 36.9 Å². The summed E-state index contributed by atoms with van der Waals surface area (Å²) in [6.45, 7) is 3.27. The van der Waals surface area contributed by atoms with E-state index in [1.807, 2.05) is 4.98 Å². The Bertz CT molecular complexity index is 707. The van der Waals surface area contributed by atoms with Crippen LogP contribution in [0.4, 0.5) is 0 Å². The smallest absolute Gasteiger partial charge is 0.326 e. The number of aromatic carboxylic acids is 1. The largest absolute Gasteiger partial charge is 0.543 e. The van der Waals surface area contributed by atoms with Crippen LogP contribution in [0.25, 0.3) is 0 Å². The number of carboxylic acid groups (broad SMARTS) is 1. The molecule has 126 valence electrons. The molecule has 0 bridgehead atoms. The lowest BCUT2D eigenvalue weighted by Crippen LogP contribution is -3.12. The Morgan fingerprint density at radius 1 is 1.35 bits per heavy atom. The summed E-state index contributed by atoms with van der Waals surface area (Å²) in [5.74, 6) is -2.16. The lowest BCUT2D eigenvalue weighted by atomic mass is 9.97. The maximum absolute atomic E-state index is 11.9. The van der Waals surface area contributed by atoms with Crippen LogP contribution in [0.3, 0.4) is 0 Å². The summed E-state index contributed by atoms with van der Waals surface area (Å²) < 4.78 is 5.01. The number of hydrogen-bond donors (Lipinski definition) is 3. The third kappa shape index (κ3) is 4.07. The predicted octanol–water partition coefficient (Wildman–Crippen LogP) is -3.22. The first-order valence-corrected chi connectivity index (χ1v) is 7.49. The van der Waals surface area contributed by atoms with Gasteiger partial charge in [0.1, 0.15) is 12.5 Å². The highest BCUT2D eigenvalue weighted by Crippen LogP contribution is 2.10. The van der Waals surface area contributed by atoms with Gasteiger partial charge in [0, 0.05) is 0 Å². The van der Waals surface area contributed by atoms with Crippen LogP contribution in [-0.4, -0.2) is 41.6 Å². The number of rotatable bonds is 5. The first kappa shape index (κ1) is 16.9. The van der Waals surface area contributed by atoms with E-state index in [0.717, 1.165) is 11.3 Å². The summed E-state index contributed by atoms with van der Waals surface area (Å²) in [6, 6.07) is 0. The van der Waals surface area contributed by atoms with Gasteiger partial charge in [-0.25, -0.2) is 4.79 Å². The lowest BCUT2D eigenvalue weighted by molar-refractivity contribution is -0.921. The second-order valence-electron chi connectivity index (χ2n) is 5.52. The minimum atomic E-state index is -1.61. The SMILES string of the molecule is CCOC(=O)[C@H]1CCC[NH+](Cc2c(C(=O)[O-])[nH]c(=O)[nH]c2=O)C1. The molecule has 1 aromatic rings. The number of nitrogens with one attached hydrogen (secondary N) is 3. The van der Waals surface area contributed by atoms with E-state index in [1.54, 1.807) is 6.92 Å². The van der Waals surface area contributed by atoms with Crippen LogP contribution in [-0.2, 0) is 16.1 Å². The molecule has 1 unspecified atom stereocenters. The van der Waals surface area contributed by atoms with Crippen molar-refractivity contribution in [1.82, 2.24) is 9.97 Å². The minimum Gasteiger partial charge on any atom is -0.543 e. The topological polar surface area (TPSA) is 137 Å². The van der Waals surface area contributed by atoms with E-state index in [1.165, 1.54) is 0 Å². The average Bonchev–Trinajstić information content (AvgIpc) is 2.50. The highest BCUT2D eigenvalue weighted by Gasteiger charge is 2.30. The van der Waals surface area contributed by atoms with Crippen molar-refractivity contribution in [3.05, 3.63) is 32.1 Å². The molecule has 2 heterocycles. The standard InChI is InChI=1S/C14H19N3O6/c1-2-23-13(21)8-4-3-5-17(6-8)7-9-10(12(19)20)15-14(22)16-11(9)18/h8H,2-7H2,1H3,(H,19,20)(H2,15,16,18,22)/t8-/m0/s1. The van der Waals surface area contributed by atoms with E-state index in [2.05, 4.69) is 4.98 Å². The Labute approximate surface area is 131 Å². The molecule has 2 atom stereocenters. The molecule has 0 amide bonds. The number of esters is 1. The second kappa shape index (κ2) is 7.23. The summed E-state index contributed by atoms with van der Waals surface area (Å²) in [4.78, 5) is 51.0. The maximum atomic E-state index is 11.9. The third-order valence-electron chi connectivity index (χ3n) is 3.91. The van der Waals surface area contributed by atoms with Crippen molar-refractivity contribution >= 4 is 11.9 Å². The molecule has 0 aliphatic carbocycles. The molecule has 23 heavy (non-hydrogen) atoms. The van der Waals surface area contributed by atoms with Crippen LogP contribution in [0, 0.1) is 5.92 Å². The lowest BCUT2D eigenvalue weighted by Gasteiger charge is -2.28. The van der Waals surface area contributed by atoms with Crippen molar-refractivity contribution in [2.24, 2.45) is 5.92 Å². The van der Waals surface area contributed by atoms with Crippen LogP contribution in [0.2, 0.25) is 0 Å². The van der Waals surface area contributed by atoms with Gasteiger partial charge in [-0.1, -0.05) is 0 Å². The van der Waals surface area contributed by atoms with E-state index in [9.17, 15) is 24.3 Å². The number of hydrogen-bond acceptors (Lipinski definition) is 6. The zero-order valence-corrected chi connectivity index (χ0v) is 12.8. The molecular weight excluding hydrogens is 306 g/mol. The molecule has 9 nitrogen and oxygen atoms in total. The minimum absolute atomic E-state index is 0.0518. The zero-order valence-electron chi connectivity index (χ0n) is 12.8. The Hall–Kier alpha value is -2.42. The summed E-state index contributed by atoms with van der Waals surface area (Å²) in [7, 11) is 0. The molecule has 1 saturated heterocycles. The van der Waals surface area contributed by atoms with Gasteiger partial charge in [-0.2, -0.15) is 0 Å². The molecular formula is C14H19N3O6. The van der Waals surface area contributed by atoms with Crippen LogP contribution in [0.1, 0.15) is 35.8 Å². The van der Waals surface area contributed by atoms with Gasteiger partial charge in [-0.3, -0.25) is 14.6 Å². The first-order valence-electron chi connectivity index (χ1n) is 7.49. The fourth-order valence-electron chi connectivity index (χ4n) is 2.88. The van der Waals surface area contributed by atoms with Gasteiger partial charge in [-0.05, 0) is 19.8 Å². The van der Waals surface area contributed by atoms with Crippen molar-refractivity contribution in [3.63, 3.8) is 0 Å². The fourth-order valence-corrected chi connectivity index (χ4v) is 2.88. The van der Waals surface area contributed by atoms with Crippen molar-refractivity contribution in [3.8, 4) is 0 Å². The summed E-state index contributed by atoms with van der Waals surface area (Å²) in [5, 5.41) is 11.1. The normalized spacial score (nSPS) is 20.9. The van der Waals surface area contributed by atoms with Gasteiger partial charge in [0.15, 0.2) is 0 Å². The van der Waals surface area contributed by atoms with Gasteiger partial charge >= 0.3 is 11.7 Å². The molecule has 1 aliphatic rings. The summed E-state index contributed by atoms with van der Waals surface area (Å²) in [6.07, 6.45) is 1.47. The van der Waals surface area contributed by atoms with Crippen LogP contribution < -0.4 is 21.3 Å². The Kier molecular flexibility index (Phi) is 5.32. The monoisotopic (exact) mass is 325 g/mol. The van der Waals surface area contributed by atoms with E-state index in [0.29, 0.717) is 26.1 Å². The number of aromatic nitrogens is 2.